The molecule has 1 aliphatic heterocycles. The molecule has 0 aromatic heterocycles. The monoisotopic (exact) mass is 515 g/mol. The molecule has 0 spiro atoms. The van der Waals surface area contributed by atoms with Gasteiger partial charge in [-0.05, 0) is 39.7 Å². The molecule has 6 nitrogen and oxygen atoms in total. The Bertz CT molecular complexity index is 1070. The van der Waals surface area contributed by atoms with Gasteiger partial charge in [0.1, 0.15) is 4.32 Å². The van der Waals surface area contributed by atoms with E-state index in [4.69, 9.17) is 12.2 Å². The molecule has 2 N–H and O–H groups in total. The SMILES string of the molecule is O=C(CCN1C(=O)/C(=C/C=C/c2ccccc2)SC1=S)NNC(=O)c1ccccc1Br. The molecular formula is C22H18BrN3O3S2. The van der Waals surface area contributed by atoms with Crippen LogP contribution in [0.4, 0.5) is 0 Å². The topological polar surface area (TPSA) is 78.5 Å². The first-order chi connectivity index (χ1) is 15.0. The fourth-order valence-electron chi connectivity index (χ4n) is 2.63. The van der Waals surface area contributed by atoms with Crippen LogP contribution >= 0.6 is 39.9 Å². The van der Waals surface area contributed by atoms with E-state index < -0.39 is 11.8 Å². The van der Waals surface area contributed by atoms with Gasteiger partial charge in [-0.2, -0.15) is 0 Å². The van der Waals surface area contributed by atoms with E-state index in [2.05, 4.69) is 26.8 Å². The van der Waals surface area contributed by atoms with Crippen molar-refractivity contribution >= 4 is 68.0 Å². The second kappa shape index (κ2) is 11.0. The number of allylic oxidation sites excluding steroid dienone is 2. The summed E-state index contributed by atoms with van der Waals surface area (Å²) in [4.78, 5) is 38.7. The zero-order valence-corrected chi connectivity index (χ0v) is 19.4. The third-order valence-corrected chi connectivity index (χ3v) is 6.29. The number of benzene rings is 2. The number of carbonyl (C=O) groups excluding carboxylic acids is 3. The lowest BCUT2D eigenvalue weighted by Gasteiger charge is -2.14. The van der Waals surface area contributed by atoms with Gasteiger partial charge in [-0.3, -0.25) is 30.1 Å². The van der Waals surface area contributed by atoms with Crippen LogP contribution in [0.1, 0.15) is 22.3 Å². The number of thioether (sulfide) groups is 1. The Kier molecular flexibility index (Phi) is 8.16. The lowest BCUT2D eigenvalue weighted by Crippen LogP contribution is -2.43. The molecule has 2 aromatic carbocycles. The van der Waals surface area contributed by atoms with E-state index in [0.29, 0.717) is 19.3 Å². The van der Waals surface area contributed by atoms with E-state index >= 15 is 0 Å². The van der Waals surface area contributed by atoms with Crippen LogP contribution in [-0.2, 0) is 9.59 Å². The Morgan fingerprint density at radius 1 is 1.06 bits per heavy atom. The average molecular weight is 516 g/mol. The molecule has 0 aliphatic carbocycles. The van der Waals surface area contributed by atoms with Crippen molar-refractivity contribution in [2.45, 2.75) is 6.42 Å². The summed E-state index contributed by atoms with van der Waals surface area (Å²) in [7, 11) is 0. The van der Waals surface area contributed by atoms with Crippen LogP contribution in [0.25, 0.3) is 6.08 Å². The highest BCUT2D eigenvalue weighted by molar-refractivity contribution is 9.10. The molecule has 0 atom stereocenters. The fraction of sp³-hybridized carbons (Fsp3) is 0.0909. The van der Waals surface area contributed by atoms with Gasteiger partial charge >= 0.3 is 0 Å². The summed E-state index contributed by atoms with van der Waals surface area (Å²) >= 11 is 9.75. The second-order valence-electron chi connectivity index (χ2n) is 6.36. The first-order valence-electron chi connectivity index (χ1n) is 9.26. The number of thiocarbonyl (C=S) groups is 1. The molecule has 158 valence electrons. The minimum atomic E-state index is -0.445. The lowest BCUT2D eigenvalue weighted by atomic mass is 10.2. The van der Waals surface area contributed by atoms with Crippen molar-refractivity contribution in [3.63, 3.8) is 0 Å². The lowest BCUT2D eigenvalue weighted by molar-refractivity contribution is -0.124. The van der Waals surface area contributed by atoms with Crippen LogP contribution in [0.15, 0.2) is 76.1 Å². The fourth-order valence-corrected chi connectivity index (χ4v) is 4.36. The predicted octanol–water partition coefficient (Wildman–Crippen LogP) is 4.06. The number of amides is 3. The molecule has 0 radical (unpaired) electrons. The standard InChI is InChI=1S/C22H18BrN3O3S2/c23-17-11-5-4-10-16(17)20(28)25-24-19(27)13-14-26-21(29)18(31-22(26)30)12-6-9-15-7-2-1-3-8-15/h1-12H,13-14H2,(H,24,27)(H,25,28)/b9-6+,18-12-. The molecule has 1 heterocycles. The van der Waals surface area contributed by atoms with E-state index in [-0.39, 0.29) is 18.9 Å². The van der Waals surface area contributed by atoms with Crippen LogP contribution in [-0.4, -0.2) is 33.5 Å². The number of carbonyl (C=O) groups is 3. The molecule has 1 aliphatic rings. The predicted molar refractivity (Wildman–Crippen MR) is 130 cm³/mol. The number of hydrogen-bond acceptors (Lipinski definition) is 5. The van der Waals surface area contributed by atoms with Crippen LogP contribution in [0.5, 0.6) is 0 Å². The highest BCUT2D eigenvalue weighted by Crippen LogP contribution is 2.31. The minimum absolute atomic E-state index is 0.00415. The third-order valence-electron chi connectivity index (χ3n) is 4.21. The number of nitrogens with one attached hydrogen (secondary N) is 2. The van der Waals surface area contributed by atoms with Crippen molar-refractivity contribution in [2.75, 3.05) is 6.54 Å². The van der Waals surface area contributed by atoms with E-state index in [1.54, 1.807) is 36.4 Å². The molecule has 9 heteroatoms. The Morgan fingerprint density at radius 2 is 1.77 bits per heavy atom. The van der Waals surface area contributed by atoms with Crippen LogP contribution in [0, 0.1) is 0 Å². The van der Waals surface area contributed by atoms with Gasteiger partial charge < -0.3 is 0 Å². The molecule has 2 aromatic rings. The zero-order chi connectivity index (χ0) is 22.2. The second-order valence-corrected chi connectivity index (χ2v) is 8.89. The zero-order valence-electron chi connectivity index (χ0n) is 16.2. The highest BCUT2D eigenvalue weighted by atomic mass is 79.9. The summed E-state index contributed by atoms with van der Waals surface area (Å²) < 4.78 is 1.02. The van der Waals surface area contributed by atoms with Gasteiger partial charge in [-0.25, -0.2) is 0 Å². The average Bonchev–Trinajstić information content (AvgIpc) is 3.04. The van der Waals surface area contributed by atoms with Gasteiger partial charge in [0, 0.05) is 17.4 Å². The van der Waals surface area contributed by atoms with Crippen molar-refractivity contribution in [1.29, 1.82) is 0 Å². The van der Waals surface area contributed by atoms with Crippen molar-refractivity contribution in [3.8, 4) is 0 Å². The summed E-state index contributed by atoms with van der Waals surface area (Å²) in [6.45, 7) is 0.126. The minimum Gasteiger partial charge on any atom is -0.292 e. The molecule has 0 unspecified atom stereocenters. The Labute approximate surface area is 197 Å². The molecule has 1 fully saturated rings. The van der Waals surface area contributed by atoms with E-state index in [1.807, 2.05) is 36.4 Å². The molecule has 0 saturated carbocycles. The van der Waals surface area contributed by atoms with Gasteiger partial charge in [-0.1, -0.05) is 78.6 Å². The molecule has 1 saturated heterocycles. The number of hydrogen-bond donors (Lipinski definition) is 2. The summed E-state index contributed by atoms with van der Waals surface area (Å²) in [6, 6.07) is 16.6. The van der Waals surface area contributed by atoms with Crippen molar-refractivity contribution in [2.24, 2.45) is 0 Å². The van der Waals surface area contributed by atoms with Crippen molar-refractivity contribution in [1.82, 2.24) is 15.8 Å². The maximum Gasteiger partial charge on any atom is 0.270 e. The van der Waals surface area contributed by atoms with Crippen LogP contribution < -0.4 is 10.9 Å². The Morgan fingerprint density at radius 3 is 2.52 bits per heavy atom. The van der Waals surface area contributed by atoms with Gasteiger partial charge in [0.05, 0.1) is 10.5 Å². The van der Waals surface area contributed by atoms with Crippen molar-refractivity contribution < 1.29 is 14.4 Å². The summed E-state index contributed by atoms with van der Waals surface area (Å²) in [5.74, 6) is -1.11. The number of hydrazine groups is 1. The molecular weight excluding hydrogens is 498 g/mol. The highest BCUT2D eigenvalue weighted by Gasteiger charge is 2.31. The van der Waals surface area contributed by atoms with Gasteiger partial charge in [0.2, 0.25) is 5.91 Å². The van der Waals surface area contributed by atoms with Gasteiger partial charge in [0.25, 0.3) is 11.8 Å². The van der Waals surface area contributed by atoms with Crippen LogP contribution in [0.3, 0.4) is 0 Å². The third kappa shape index (κ3) is 6.36. The largest absolute Gasteiger partial charge is 0.292 e. The van der Waals surface area contributed by atoms with E-state index in [0.717, 1.165) is 5.56 Å². The molecule has 3 amide bonds. The van der Waals surface area contributed by atoms with Crippen molar-refractivity contribution in [3.05, 3.63) is 87.3 Å². The molecule has 3 rings (SSSR count). The van der Waals surface area contributed by atoms with Gasteiger partial charge in [-0.15, -0.1) is 0 Å². The summed E-state index contributed by atoms with van der Waals surface area (Å²) in [6.07, 6.45) is 5.40. The summed E-state index contributed by atoms with van der Waals surface area (Å²) in [5, 5.41) is 0. The Hall–Kier alpha value is -2.75. The Balaban J connectivity index is 1.49. The van der Waals surface area contributed by atoms with Gasteiger partial charge in [0.15, 0.2) is 0 Å². The maximum absolute atomic E-state index is 12.6. The normalized spacial score (nSPS) is 15.0. The van der Waals surface area contributed by atoms with Crippen LogP contribution in [0.2, 0.25) is 0 Å². The first kappa shape index (κ1) is 22.9. The smallest absolute Gasteiger partial charge is 0.270 e. The number of rotatable bonds is 6. The first-order valence-corrected chi connectivity index (χ1v) is 11.3. The van der Waals surface area contributed by atoms with E-state index in [9.17, 15) is 14.4 Å². The van der Waals surface area contributed by atoms with E-state index in [1.165, 1.54) is 16.7 Å². The molecule has 0 bridgehead atoms. The number of nitrogens with zero attached hydrogens (tertiary/aromatic N) is 1. The number of halogens is 1. The maximum atomic E-state index is 12.6. The summed E-state index contributed by atoms with van der Waals surface area (Å²) in [5.41, 5.74) is 6.13. The quantitative estimate of drug-likeness (QED) is 0.344. The molecule has 31 heavy (non-hydrogen) atoms.